The number of thioether (sulfide) groups is 1. The maximum atomic E-state index is 12.3. The van der Waals surface area contributed by atoms with Crippen LogP contribution >= 0.6 is 11.8 Å². The van der Waals surface area contributed by atoms with Crippen molar-refractivity contribution in [2.45, 2.75) is 30.9 Å². The van der Waals surface area contributed by atoms with Crippen molar-refractivity contribution in [2.75, 3.05) is 33.1 Å². The fourth-order valence-electron chi connectivity index (χ4n) is 2.75. The zero-order valence-electron chi connectivity index (χ0n) is 16.7. The van der Waals surface area contributed by atoms with Gasteiger partial charge in [-0.25, -0.2) is 0 Å². The van der Waals surface area contributed by atoms with Gasteiger partial charge in [-0.3, -0.25) is 19.7 Å². The fraction of sp³-hybridized carbons (Fsp3) is 0.526. The van der Waals surface area contributed by atoms with Crippen LogP contribution in [0.4, 0.5) is 0 Å². The van der Waals surface area contributed by atoms with Crippen molar-refractivity contribution in [1.29, 1.82) is 0 Å². The van der Waals surface area contributed by atoms with Crippen LogP contribution < -0.4 is 26.0 Å². The van der Waals surface area contributed by atoms with Crippen molar-refractivity contribution in [3.63, 3.8) is 0 Å². The molecule has 9 nitrogen and oxygen atoms in total. The van der Waals surface area contributed by atoms with Crippen LogP contribution in [0.2, 0.25) is 0 Å². The smallest absolute Gasteiger partial charge is 0.230 e. The van der Waals surface area contributed by atoms with Gasteiger partial charge in [0, 0.05) is 39.1 Å². The van der Waals surface area contributed by atoms with E-state index in [4.69, 9.17) is 9.47 Å². The highest BCUT2D eigenvalue weighted by Crippen LogP contribution is 2.15. The molecule has 29 heavy (non-hydrogen) atoms. The van der Waals surface area contributed by atoms with Gasteiger partial charge in [0.2, 0.25) is 17.7 Å². The number of rotatable bonds is 11. The summed E-state index contributed by atoms with van der Waals surface area (Å²) in [6.07, 6.45) is 0.387. The first kappa shape index (κ1) is 23.0. The Kier molecular flexibility index (Phi) is 9.75. The number of benzene rings is 1. The van der Waals surface area contributed by atoms with Gasteiger partial charge in [-0.2, -0.15) is 0 Å². The number of hydrogen-bond acceptors (Lipinski definition) is 7. The summed E-state index contributed by atoms with van der Waals surface area (Å²) in [5.41, 5.74) is 0.514. The van der Waals surface area contributed by atoms with Gasteiger partial charge >= 0.3 is 0 Å². The van der Waals surface area contributed by atoms with Crippen molar-refractivity contribution < 1.29 is 23.9 Å². The van der Waals surface area contributed by atoms with Crippen molar-refractivity contribution in [3.8, 4) is 5.75 Å². The van der Waals surface area contributed by atoms with E-state index in [-0.39, 0.29) is 42.4 Å². The van der Waals surface area contributed by atoms with E-state index in [1.165, 1.54) is 11.8 Å². The molecule has 2 unspecified atom stereocenters. The molecule has 1 heterocycles. The molecule has 0 aliphatic carbocycles. The quantitative estimate of drug-likeness (QED) is 0.368. The minimum atomic E-state index is -0.416. The largest absolute Gasteiger partial charge is 0.497 e. The second-order valence-corrected chi connectivity index (χ2v) is 7.59. The lowest BCUT2D eigenvalue weighted by molar-refractivity contribution is -0.125. The monoisotopic (exact) mass is 424 g/mol. The second kappa shape index (κ2) is 12.3. The van der Waals surface area contributed by atoms with Crippen molar-refractivity contribution >= 4 is 29.5 Å². The lowest BCUT2D eigenvalue weighted by Gasteiger charge is -2.30. The van der Waals surface area contributed by atoms with Crippen LogP contribution in [0.5, 0.6) is 5.75 Å². The van der Waals surface area contributed by atoms with Gasteiger partial charge in [0.15, 0.2) is 0 Å². The molecule has 1 aliphatic rings. The zero-order valence-corrected chi connectivity index (χ0v) is 17.5. The summed E-state index contributed by atoms with van der Waals surface area (Å²) in [5, 5.41) is 11.6. The number of hydrogen-bond donors (Lipinski definition) is 4. The van der Waals surface area contributed by atoms with E-state index in [0.29, 0.717) is 19.7 Å². The van der Waals surface area contributed by atoms with Crippen LogP contribution in [0.25, 0.3) is 0 Å². The molecule has 10 heteroatoms. The summed E-state index contributed by atoms with van der Waals surface area (Å²) in [4.78, 5) is 36.0. The predicted molar refractivity (Wildman–Crippen MR) is 110 cm³/mol. The normalized spacial score (nSPS) is 18.6. The Hall–Kier alpha value is -2.30. The topological polar surface area (TPSA) is 118 Å². The molecule has 160 valence electrons. The molecule has 1 saturated heterocycles. The standard InChI is InChI=1S/C19H28N4O5S/c1-27-7-6-20-18(26)12-29-19-22-14(10-17(25)23-19)9-16(24)21-11-13-4-3-5-15(8-13)28-2/h3-5,8,14,19,22H,6-7,9-12H2,1-2H3,(H,20,26)(H,21,24)(H,23,25). The highest BCUT2D eigenvalue weighted by Gasteiger charge is 2.28. The summed E-state index contributed by atoms with van der Waals surface area (Å²) in [6, 6.07) is 7.17. The second-order valence-electron chi connectivity index (χ2n) is 6.50. The fourth-order valence-corrected chi connectivity index (χ4v) is 3.67. The van der Waals surface area contributed by atoms with Crippen molar-refractivity contribution in [3.05, 3.63) is 29.8 Å². The Bertz CT molecular complexity index is 703. The molecule has 3 amide bonds. The van der Waals surface area contributed by atoms with Gasteiger partial charge < -0.3 is 25.4 Å². The van der Waals surface area contributed by atoms with Crippen molar-refractivity contribution in [1.82, 2.24) is 21.3 Å². The lowest BCUT2D eigenvalue weighted by Crippen LogP contribution is -2.56. The molecule has 2 atom stereocenters. The molecule has 2 rings (SSSR count). The third-order valence-electron chi connectivity index (χ3n) is 4.18. The molecule has 0 spiro atoms. The first-order valence-corrected chi connectivity index (χ1v) is 10.4. The highest BCUT2D eigenvalue weighted by molar-refractivity contribution is 8.00. The summed E-state index contributed by atoms with van der Waals surface area (Å²) >= 11 is 1.27. The molecule has 4 N–H and O–H groups in total. The van der Waals surface area contributed by atoms with Crippen LogP contribution in [0, 0.1) is 0 Å². The average molecular weight is 425 g/mol. The van der Waals surface area contributed by atoms with E-state index >= 15 is 0 Å². The van der Waals surface area contributed by atoms with Gasteiger partial charge in [0.25, 0.3) is 0 Å². The number of carbonyl (C=O) groups is 3. The van der Waals surface area contributed by atoms with E-state index in [1.54, 1.807) is 14.2 Å². The van der Waals surface area contributed by atoms with Crippen LogP contribution in [-0.2, 0) is 25.7 Å². The Morgan fingerprint density at radius 3 is 2.83 bits per heavy atom. The minimum Gasteiger partial charge on any atom is -0.497 e. The number of carbonyl (C=O) groups excluding carboxylic acids is 3. The Morgan fingerprint density at radius 2 is 2.07 bits per heavy atom. The van der Waals surface area contributed by atoms with Crippen molar-refractivity contribution in [2.24, 2.45) is 0 Å². The van der Waals surface area contributed by atoms with Crippen LogP contribution in [0.1, 0.15) is 18.4 Å². The van der Waals surface area contributed by atoms with Gasteiger partial charge in [-0.15, -0.1) is 11.8 Å². The number of nitrogens with one attached hydrogen (secondary N) is 4. The molecule has 1 fully saturated rings. The predicted octanol–water partition coefficient (Wildman–Crippen LogP) is -0.0410. The SMILES string of the molecule is COCCNC(=O)CSC1NC(=O)CC(CC(=O)NCc2cccc(OC)c2)N1. The molecular formula is C19H28N4O5S. The summed E-state index contributed by atoms with van der Waals surface area (Å²) in [6.45, 7) is 1.27. The van der Waals surface area contributed by atoms with Gasteiger partial charge in [0.1, 0.15) is 11.2 Å². The molecule has 1 aliphatic heterocycles. The Labute approximate surface area is 174 Å². The first-order chi connectivity index (χ1) is 14.0. The molecule has 1 aromatic rings. The summed E-state index contributed by atoms with van der Waals surface area (Å²) in [7, 11) is 3.16. The van der Waals surface area contributed by atoms with E-state index < -0.39 is 5.50 Å². The molecule has 1 aromatic carbocycles. The number of amides is 3. The minimum absolute atomic E-state index is 0.138. The van der Waals surface area contributed by atoms with Gasteiger partial charge in [0.05, 0.1) is 19.5 Å². The Balaban J connectivity index is 1.74. The van der Waals surface area contributed by atoms with Gasteiger partial charge in [-0.05, 0) is 17.7 Å². The maximum absolute atomic E-state index is 12.3. The third kappa shape index (κ3) is 8.71. The number of ether oxygens (including phenoxy) is 2. The van der Waals surface area contributed by atoms with E-state index in [0.717, 1.165) is 11.3 Å². The Morgan fingerprint density at radius 1 is 1.24 bits per heavy atom. The molecular weight excluding hydrogens is 396 g/mol. The van der Waals surface area contributed by atoms with Crippen LogP contribution in [0.15, 0.2) is 24.3 Å². The summed E-state index contributed by atoms with van der Waals surface area (Å²) in [5.74, 6) is 0.485. The van der Waals surface area contributed by atoms with E-state index in [1.807, 2.05) is 24.3 Å². The molecule has 0 bridgehead atoms. The maximum Gasteiger partial charge on any atom is 0.230 e. The third-order valence-corrected chi connectivity index (χ3v) is 5.19. The van der Waals surface area contributed by atoms with E-state index in [9.17, 15) is 14.4 Å². The number of methoxy groups -OCH3 is 2. The first-order valence-electron chi connectivity index (χ1n) is 9.32. The van der Waals surface area contributed by atoms with Crippen LogP contribution in [-0.4, -0.2) is 62.4 Å². The lowest BCUT2D eigenvalue weighted by atomic mass is 10.1. The molecule has 0 aromatic heterocycles. The highest BCUT2D eigenvalue weighted by atomic mass is 32.2. The van der Waals surface area contributed by atoms with Crippen LogP contribution in [0.3, 0.4) is 0 Å². The zero-order chi connectivity index (χ0) is 21.1. The van der Waals surface area contributed by atoms with Gasteiger partial charge in [-0.1, -0.05) is 12.1 Å². The molecule has 0 radical (unpaired) electrons. The van der Waals surface area contributed by atoms with E-state index in [2.05, 4.69) is 21.3 Å². The summed E-state index contributed by atoms with van der Waals surface area (Å²) < 4.78 is 10.0. The average Bonchev–Trinajstić information content (AvgIpc) is 2.71. The molecule has 0 saturated carbocycles.